The Balaban J connectivity index is 1.67. The molecule has 1 saturated heterocycles. The van der Waals surface area contributed by atoms with Crippen molar-refractivity contribution in [1.82, 2.24) is 9.97 Å². The molecule has 2 heterocycles. The molecule has 1 aromatic carbocycles. The molecule has 2 aromatic rings. The van der Waals surface area contributed by atoms with Gasteiger partial charge in [0.05, 0.1) is 24.2 Å². The van der Waals surface area contributed by atoms with E-state index in [2.05, 4.69) is 9.97 Å². The van der Waals surface area contributed by atoms with Crippen molar-refractivity contribution in [3.63, 3.8) is 0 Å². The zero-order chi connectivity index (χ0) is 13.1. The molecule has 5 heteroatoms. The Hall–Kier alpha value is -1.20. The first-order valence-corrected chi connectivity index (χ1v) is 7.62. The van der Waals surface area contributed by atoms with E-state index in [4.69, 9.17) is 9.47 Å². The van der Waals surface area contributed by atoms with Gasteiger partial charge in [-0.05, 0) is 31.4 Å². The highest BCUT2D eigenvalue weighted by Crippen LogP contribution is 2.25. The van der Waals surface area contributed by atoms with Crippen molar-refractivity contribution in [3.05, 3.63) is 18.2 Å². The molecule has 0 amide bonds. The second-order valence-electron chi connectivity index (χ2n) is 4.72. The number of rotatable bonds is 4. The molecule has 1 aliphatic heterocycles. The van der Waals surface area contributed by atoms with Gasteiger partial charge in [-0.3, -0.25) is 0 Å². The number of fused-ring (bicyclic) bond motifs is 1. The maximum Gasteiger partial charge on any atom is 0.166 e. The lowest BCUT2D eigenvalue weighted by atomic mass is 10.1. The maximum atomic E-state index is 5.73. The lowest BCUT2D eigenvalue weighted by molar-refractivity contribution is 0.0315. The largest absolute Gasteiger partial charge is 0.497 e. The van der Waals surface area contributed by atoms with Crippen molar-refractivity contribution in [1.29, 1.82) is 0 Å². The molecular formula is C14H18N2O2S. The van der Waals surface area contributed by atoms with Crippen LogP contribution in [0.5, 0.6) is 5.75 Å². The normalized spacial score (nSPS) is 19.7. The molecule has 1 aromatic heterocycles. The fourth-order valence-corrected chi connectivity index (χ4v) is 3.22. The highest BCUT2D eigenvalue weighted by molar-refractivity contribution is 7.99. The Bertz CT molecular complexity index is 549. The van der Waals surface area contributed by atoms with Crippen molar-refractivity contribution >= 4 is 22.8 Å². The topological polar surface area (TPSA) is 47.1 Å². The van der Waals surface area contributed by atoms with E-state index in [1.165, 1.54) is 19.3 Å². The standard InChI is InChI=1S/C14H18N2O2S/c1-17-10-5-6-12-13(8-10)16-14(15-12)19-9-11-4-2-3-7-18-11/h5-6,8,11H,2-4,7,9H2,1H3,(H,15,16)/t11-/m1/s1. The minimum atomic E-state index is 0.376. The maximum absolute atomic E-state index is 5.73. The molecule has 102 valence electrons. The minimum absolute atomic E-state index is 0.376. The summed E-state index contributed by atoms with van der Waals surface area (Å²) in [7, 11) is 1.67. The Kier molecular flexibility index (Phi) is 3.94. The number of imidazole rings is 1. The molecule has 0 unspecified atom stereocenters. The number of methoxy groups -OCH3 is 1. The summed E-state index contributed by atoms with van der Waals surface area (Å²) in [6.45, 7) is 0.905. The van der Waals surface area contributed by atoms with Crippen LogP contribution in [0.15, 0.2) is 23.4 Å². The van der Waals surface area contributed by atoms with Crippen LogP contribution in [-0.4, -0.2) is 35.5 Å². The summed E-state index contributed by atoms with van der Waals surface area (Å²) in [4.78, 5) is 7.89. The first-order chi connectivity index (χ1) is 9.35. The molecule has 1 fully saturated rings. The van der Waals surface area contributed by atoms with E-state index in [0.29, 0.717) is 6.10 Å². The number of benzene rings is 1. The van der Waals surface area contributed by atoms with Crippen molar-refractivity contribution in [2.45, 2.75) is 30.5 Å². The zero-order valence-electron chi connectivity index (χ0n) is 11.0. The molecule has 0 radical (unpaired) electrons. The molecule has 1 atom stereocenters. The number of hydrogen-bond acceptors (Lipinski definition) is 4. The van der Waals surface area contributed by atoms with Gasteiger partial charge in [-0.1, -0.05) is 11.8 Å². The van der Waals surface area contributed by atoms with E-state index in [9.17, 15) is 0 Å². The first kappa shape index (κ1) is 12.8. The average molecular weight is 278 g/mol. The fourth-order valence-electron chi connectivity index (χ4n) is 2.27. The van der Waals surface area contributed by atoms with Crippen LogP contribution in [0, 0.1) is 0 Å². The van der Waals surface area contributed by atoms with E-state index >= 15 is 0 Å². The summed E-state index contributed by atoms with van der Waals surface area (Å²) in [6.07, 6.45) is 4.02. The third kappa shape index (κ3) is 3.04. The highest BCUT2D eigenvalue weighted by Gasteiger charge is 2.15. The van der Waals surface area contributed by atoms with Crippen LogP contribution in [0.1, 0.15) is 19.3 Å². The summed E-state index contributed by atoms with van der Waals surface area (Å²) in [5.74, 6) is 1.82. The summed E-state index contributed by atoms with van der Waals surface area (Å²) < 4.78 is 10.9. The molecule has 0 aliphatic carbocycles. The number of aromatic amines is 1. The summed E-state index contributed by atoms with van der Waals surface area (Å²) in [5, 5.41) is 0.956. The van der Waals surface area contributed by atoms with Gasteiger partial charge in [-0.25, -0.2) is 4.98 Å². The van der Waals surface area contributed by atoms with Gasteiger partial charge in [0, 0.05) is 18.4 Å². The van der Waals surface area contributed by atoms with Gasteiger partial charge in [0.15, 0.2) is 5.16 Å². The van der Waals surface area contributed by atoms with Crippen LogP contribution < -0.4 is 4.74 Å². The lowest BCUT2D eigenvalue weighted by Gasteiger charge is -2.21. The van der Waals surface area contributed by atoms with Crippen LogP contribution in [-0.2, 0) is 4.74 Å². The minimum Gasteiger partial charge on any atom is -0.497 e. The molecule has 3 rings (SSSR count). The number of ether oxygens (including phenoxy) is 2. The zero-order valence-corrected chi connectivity index (χ0v) is 11.8. The first-order valence-electron chi connectivity index (χ1n) is 6.63. The van der Waals surface area contributed by atoms with Crippen molar-refractivity contribution in [2.75, 3.05) is 19.5 Å². The second kappa shape index (κ2) is 5.84. The SMILES string of the molecule is COc1ccc2nc(SC[C@H]3CCCCO3)[nH]c2c1. The predicted octanol–water partition coefficient (Wildman–Crippen LogP) is 3.23. The molecule has 0 spiro atoms. The molecule has 19 heavy (non-hydrogen) atoms. The second-order valence-corrected chi connectivity index (χ2v) is 5.73. The van der Waals surface area contributed by atoms with E-state index < -0.39 is 0 Å². The Morgan fingerprint density at radius 2 is 2.42 bits per heavy atom. The highest BCUT2D eigenvalue weighted by atomic mass is 32.2. The molecule has 0 bridgehead atoms. The van der Waals surface area contributed by atoms with Gasteiger partial charge in [-0.2, -0.15) is 0 Å². The van der Waals surface area contributed by atoms with Crippen molar-refractivity contribution in [2.24, 2.45) is 0 Å². The fraction of sp³-hybridized carbons (Fsp3) is 0.500. The Morgan fingerprint density at radius 3 is 3.21 bits per heavy atom. The summed E-state index contributed by atoms with van der Waals surface area (Å²) in [5.41, 5.74) is 2.00. The van der Waals surface area contributed by atoms with E-state index in [1.54, 1.807) is 18.9 Å². The lowest BCUT2D eigenvalue weighted by Crippen LogP contribution is -2.21. The molecule has 1 aliphatic rings. The number of nitrogens with zero attached hydrogens (tertiary/aromatic N) is 1. The number of thioether (sulfide) groups is 1. The Morgan fingerprint density at radius 1 is 1.47 bits per heavy atom. The third-order valence-corrected chi connectivity index (χ3v) is 4.35. The number of nitrogens with one attached hydrogen (secondary N) is 1. The summed E-state index contributed by atoms with van der Waals surface area (Å²) >= 11 is 1.73. The molecule has 4 nitrogen and oxygen atoms in total. The van der Waals surface area contributed by atoms with Crippen LogP contribution in [0.25, 0.3) is 11.0 Å². The van der Waals surface area contributed by atoms with Crippen molar-refractivity contribution in [3.8, 4) is 5.75 Å². The van der Waals surface area contributed by atoms with Gasteiger partial charge in [0.2, 0.25) is 0 Å². The van der Waals surface area contributed by atoms with Gasteiger partial charge in [0.1, 0.15) is 5.75 Å². The quantitative estimate of drug-likeness (QED) is 0.872. The van der Waals surface area contributed by atoms with Crippen LogP contribution >= 0.6 is 11.8 Å². The Labute approximate surface area is 116 Å². The molecule has 0 saturated carbocycles. The van der Waals surface area contributed by atoms with Gasteiger partial charge < -0.3 is 14.5 Å². The van der Waals surface area contributed by atoms with Gasteiger partial charge in [0.25, 0.3) is 0 Å². The van der Waals surface area contributed by atoms with Gasteiger partial charge in [-0.15, -0.1) is 0 Å². The summed E-state index contributed by atoms with van der Waals surface area (Å²) in [6, 6.07) is 5.89. The van der Waals surface area contributed by atoms with Crippen LogP contribution in [0.2, 0.25) is 0 Å². The van der Waals surface area contributed by atoms with E-state index in [1.807, 2.05) is 18.2 Å². The number of H-pyrrole nitrogens is 1. The smallest absolute Gasteiger partial charge is 0.166 e. The van der Waals surface area contributed by atoms with Crippen LogP contribution in [0.3, 0.4) is 0 Å². The van der Waals surface area contributed by atoms with E-state index in [-0.39, 0.29) is 0 Å². The molecule has 1 N–H and O–H groups in total. The van der Waals surface area contributed by atoms with Crippen molar-refractivity contribution < 1.29 is 9.47 Å². The van der Waals surface area contributed by atoms with E-state index in [0.717, 1.165) is 34.3 Å². The van der Waals surface area contributed by atoms with Crippen LogP contribution in [0.4, 0.5) is 0 Å². The monoisotopic (exact) mass is 278 g/mol. The average Bonchev–Trinajstić information content (AvgIpc) is 2.88. The van der Waals surface area contributed by atoms with Gasteiger partial charge >= 0.3 is 0 Å². The number of aromatic nitrogens is 2. The number of hydrogen-bond donors (Lipinski definition) is 1. The predicted molar refractivity (Wildman–Crippen MR) is 77.0 cm³/mol. The third-order valence-electron chi connectivity index (χ3n) is 3.35. The molecular weight excluding hydrogens is 260 g/mol.